The van der Waals surface area contributed by atoms with Crippen molar-refractivity contribution in [3.05, 3.63) is 64.7 Å². The Morgan fingerprint density at radius 2 is 1.86 bits per heavy atom. The zero-order valence-electron chi connectivity index (χ0n) is 12.1. The van der Waals surface area contributed by atoms with Gasteiger partial charge < -0.3 is 11.1 Å². The molecule has 0 radical (unpaired) electrons. The second-order valence-electron chi connectivity index (χ2n) is 5.05. The summed E-state index contributed by atoms with van der Waals surface area (Å²) in [5, 5.41) is 2.92. The summed E-state index contributed by atoms with van der Waals surface area (Å²) in [6, 6.07) is 13.2. The Hall–Kier alpha value is -2.20. The number of benzene rings is 2. The van der Waals surface area contributed by atoms with Crippen molar-refractivity contribution in [2.24, 2.45) is 5.73 Å². The van der Waals surface area contributed by atoms with Gasteiger partial charge in [0.05, 0.1) is 4.99 Å². The fourth-order valence-electron chi connectivity index (χ4n) is 2.10. The summed E-state index contributed by atoms with van der Waals surface area (Å²) < 4.78 is 0. The van der Waals surface area contributed by atoms with E-state index in [2.05, 4.69) is 5.32 Å². The Morgan fingerprint density at radius 1 is 1.14 bits per heavy atom. The van der Waals surface area contributed by atoms with E-state index < -0.39 is 0 Å². The van der Waals surface area contributed by atoms with Crippen LogP contribution in [0, 0.1) is 13.8 Å². The summed E-state index contributed by atoms with van der Waals surface area (Å²) in [7, 11) is 0. The van der Waals surface area contributed by atoms with Crippen molar-refractivity contribution in [2.45, 2.75) is 20.3 Å². The SMILES string of the molecule is Cc1ccc(NC(=O)c2ccccc2CC(N)=S)cc1C. The minimum absolute atomic E-state index is 0.148. The van der Waals surface area contributed by atoms with Crippen molar-refractivity contribution >= 4 is 28.8 Å². The minimum Gasteiger partial charge on any atom is -0.393 e. The molecule has 0 saturated heterocycles. The lowest BCUT2D eigenvalue weighted by atomic mass is 10.0. The van der Waals surface area contributed by atoms with Crippen LogP contribution in [0.15, 0.2) is 42.5 Å². The third kappa shape index (κ3) is 3.89. The molecule has 0 heterocycles. The van der Waals surface area contributed by atoms with E-state index in [9.17, 15) is 4.79 Å². The Kier molecular flexibility index (Phi) is 4.70. The van der Waals surface area contributed by atoms with Crippen LogP contribution >= 0.6 is 12.2 Å². The van der Waals surface area contributed by atoms with Crippen molar-refractivity contribution in [1.82, 2.24) is 0 Å². The fraction of sp³-hybridized carbons (Fsp3) is 0.176. The van der Waals surface area contributed by atoms with E-state index >= 15 is 0 Å². The molecule has 0 aromatic heterocycles. The quantitative estimate of drug-likeness (QED) is 0.851. The zero-order chi connectivity index (χ0) is 15.4. The third-order valence-electron chi connectivity index (χ3n) is 3.39. The van der Waals surface area contributed by atoms with Gasteiger partial charge in [-0.25, -0.2) is 0 Å². The molecule has 0 aliphatic heterocycles. The first kappa shape index (κ1) is 15.2. The lowest BCUT2D eigenvalue weighted by molar-refractivity contribution is 0.102. The van der Waals surface area contributed by atoms with E-state index in [1.54, 1.807) is 6.07 Å². The minimum atomic E-state index is -0.148. The van der Waals surface area contributed by atoms with Gasteiger partial charge in [0.25, 0.3) is 5.91 Å². The van der Waals surface area contributed by atoms with E-state index in [0.717, 1.165) is 16.8 Å². The van der Waals surface area contributed by atoms with Gasteiger partial charge in [-0.05, 0) is 48.7 Å². The lowest BCUT2D eigenvalue weighted by Crippen LogP contribution is -2.18. The molecule has 0 saturated carbocycles. The van der Waals surface area contributed by atoms with Crippen molar-refractivity contribution < 1.29 is 4.79 Å². The van der Waals surface area contributed by atoms with Crippen LogP contribution in [0.1, 0.15) is 27.0 Å². The Balaban J connectivity index is 2.24. The molecule has 0 bridgehead atoms. The Bertz CT molecular complexity index is 695. The standard InChI is InChI=1S/C17H18N2OS/c1-11-7-8-14(9-12(11)2)19-17(20)15-6-4-3-5-13(15)10-16(18)21/h3-9H,10H2,1-2H3,(H2,18,21)(H,19,20). The molecule has 2 aromatic rings. The van der Waals surface area contributed by atoms with Crippen LogP contribution in [0.5, 0.6) is 0 Å². The van der Waals surface area contributed by atoms with Crippen LogP contribution in [0.25, 0.3) is 0 Å². The second kappa shape index (κ2) is 6.50. The average Bonchev–Trinajstić information content (AvgIpc) is 2.43. The van der Waals surface area contributed by atoms with E-state index in [4.69, 9.17) is 18.0 Å². The molecule has 0 unspecified atom stereocenters. The maximum absolute atomic E-state index is 12.4. The van der Waals surface area contributed by atoms with Gasteiger partial charge in [0.1, 0.15) is 0 Å². The number of hydrogen-bond donors (Lipinski definition) is 2. The number of nitrogens with two attached hydrogens (primary N) is 1. The average molecular weight is 298 g/mol. The van der Waals surface area contributed by atoms with Crippen LogP contribution < -0.4 is 11.1 Å². The van der Waals surface area contributed by atoms with Crippen molar-refractivity contribution in [3.8, 4) is 0 Å². The first-order valence-electron chi connectivity index (χ1n) is 6.72. The topological polar surface area (TPSA) is 55.1 Å². The van der Waals surface area contributed by atoms with Crippen LogP contribution in [-0.4, -0.2) is 10.9 Å². The molecule has 21 heavy (non-hydrogen) atoms. The van der Waals surface area contributed by atoms with Crippen LogP contribution in [0.3, 0.4) is 0 Å². The first-order valence-corrected chi connectivity index (χ1v) is 7.13. The van der Waals surface area contributed by atoms with E-state index in [-0.39, 0.29) is 5.91 Å². The van der Waals surface area contributed by atoms with E-state index in [0.29, 0.717) is 17.0 Å². The van der Waals surface area contributed by atoms with Gasteiger partial charge >= 0.3 is 0 Å². The van der Waals surface area contributed by atoms with Gasteiger partial charge in [-0.1, -0.05) is 36.5 Å². The number of hydrogen-bond acceptors (Lipinski definition) is 2. The summed E-state index contributed by atoms with van der Waals surface area (Å²) in [5.74, 6) is -0.148. The number of rotatable bonds is 4. The zero-order valence-corrected chi connectivity index (χ0v) is 13.0. The smallest absolute Gasteiger partial charge is 0.255 e. The number of aryl methyl sites for hydroxylation is 2. The predicted octanol–water partition coefficient (Wildman–Crippen LogP) is 3.38. The number of carbonyl (C=O) groups is 1. The molecule has 2 rings (SSSR count). The van der Waals surface area contributed by atoms with Gasteiger partial charge in [-0.15, -0.1) is 0 Å². The van der Waals surface area contributed by atoms with Crippen LogP contribution in [-0.2, 0) is 6.42 Å². The number of thiocarbonyl (C=S) groups is 1. The Labute approximate surface area is 130 Å². The van der Waals surface area contributed by atoms with Crippen molar-refractivity contribution in [3.63, 3.8) is 0 Å². The molecule has 0 atom stereocenters. The van der Waals surface area contributed by atoms with Gasteiger partial charge in [0, 0.05) is 17.7 Å². The molecule has 0 aliphatic rings. The number of carbonyl (C=O) groups excluding carboxylic acids is 1. The normalized spacial score (nSPS) is 10.2. The number of amides is 1. The summed E-state index contributed by atoms with van der Waals surface area (Å²) in [5.41, 5.74) is 10.1. The van der Waals surface area contributed by atoms with E-state index in [1.165, 1.54) is 5.56 Å². The van der Waals surface area contributed by atoms with E-state index in [1.807, 2.05) is 50.2 Å². The largest absolute Gasteiger partial charge is 0.393 e. The fourth-order valence-corrected chi connectivity index (χ4v) is 2.26. The van der Waals surface area contributed by atoms with Gasteiger partial charge in [-0.3, -0.25) is 4.79 Å². The molecule has 3 N–H and O–H groups in total. The highest BCUT2D eigenvalue weighted by Gasteiger charge is 2.12. The van der Waals surface area contributed by atoms with Crippen molar-refractivity contribution in [2.75, 3.05) is 5.32 Å². The second-order valence-corrected chi connectivity index (χ2v) is 5.58. The molecule has 4 heteroatoms. The van der Waals surface area contributed by atoms with Gasteiger partial charge in [0.15, 0.2) is 0 Å². The highest BCUT2D eigenvalue weighted by atomic mass is 32.1. The summed E-state index contributed by atoms with van der Waals surface area (Å²) in [6.45, 7) is 4.06. The number of nitrogens with one attached hydrogen (secondary N) is 1. The van der Waals surface area contributed by atoms with Gasteiger partial charge in [0.2, 0.25) is 0 Å². The highest BCUT2D eigenvalue weighted by Crippen LogP contribution is 2.17. The molecule has 1 amide bonds. The highest BCUT2D eigenvalue weighted by molar-refractivity contribution is 7.80. The summed E-state index contributed by atoms with van der Waals surface area (Å²) >= 11 is 4.93. The monoisotopic (exact) mass is 298 g/mol. The maximum atomic E-state index is 12.4. The van der Waals surface area contributed by atoms with Crippen LogP contribution in [0.2, 0.25) is 0 Å². The van der Waals surface area contributed by atoms with Crippen molar-refractivity contribution in [1.29, 1.82) is 0 Å². The number of anilines is 1. The molecule has 0 spiro atoms. The molecular weight excluding hydrogens is 280 g/mol. The molecule has 0 fully saturated rings. The lowest BCUT2D eigenvalue weighted by Gasteiger charge is -2.11. The predicted molar refractivity (Wildman–Crippen MR) is 90.8 cm³/mol. The van der Waals surface area contributed by atoms with Crippen LogP contribution in [0.4, 0.5) is 5.69 Å². The molecule has 2 aromatic carbocycles. The molecule has 3 nitrogen and oxygen atoms in total. The van der Waals surface area contributed by atoms with Gasteiger partial charge in [-0.2, -0.15) is 0 Å². The first-order chi connectivity index (χ1) is 9.97. The molecule has 0 aliphatic carbocycles. The summed E-state index contributed by atoms with van der Waals surface area (Å²) in [4.78, 5) is 12.8. The molecular formula is C17H18N2OS. The summed E-state index contributed by atoms with van der Waals surface area (Å²) in [6.07, 6.45) is 0.422. The molecule has 108 valence electrons. The third-order valence-corrected chi connectivity index (χ3v) is 3.54. The maximum Gasteiger partial charge on any atom is 0.255 e. The Morgan fingerprint density at radius 3 is 2.52 bits per heavy atom.